The Morgan fingerprint density at radius 2 is 1.84 bits per heavy atom. The Balaban J connectivity index is 1.27. The predicted molar refractivity (Wildman–Crippen MR) is 170 cm³/mol. The average Bonchev–Trinajstić information content (AvgIpc) is 3.46. The number of carbonyl (C=O) groups is 2. The molecule has 2 fully saturated rings. The van der Waals surface area contributed by atoms with E-state index in [-0.39, 0.29) is 38.5 Å². The summed E-state index contributed by atoms with van der Waals surface area (Å²) in [4.78, 5) is 32.1. The topological polar surface area (TPSA) is 111 Å². The molecule has 0 bridgehead atoms. The van der Waals surface area contributed by atoms with Crippen LogP contribution in [0.4, 0.5) is 5.69 Å². The molecule has 2 amide bonds. The maximum Gasteiger partial charge on any atom is 0.256 e. The van der Waals surface area contributed by atoms with Crippen LogP contribution in [0.2, 0.25) is 10.0 Å². The highest BCUT2D eigenvalue weighted by atomic mass is 35.5. The first kappa shape index (κ1) is 29.9. The number of H-pyrrole nitrogens is 1. The quantitative estimate of drug-likeness (QED) is 0.248. The number of fused-ring (bicyclic) bond motifs is 1. The Hall–Kier alpha value is -3.11. The second-order valence-corrected chi connectivity index (χ2v) is 14.5. The number of halogens is 2. The van der Waals surface area contributed by atoms with Crippen molar-refractivity contribution in [2.45, 2.75) is 56.2 Å². The van der Waals surface area contributed by atoms with Crippen LogP contribution < -0.4 is 10.6 Å². The minimum absolute atomic E-state index is 0.00508. The number of aromatic amines is 1. The summed E-state index contributed by atoms with van der Waals surface area (Å²) in [7, 11) is -3.84. The molecule has 0 unspecified atom stereocenters. The molecule has 0 spiro atoms. The third kappa shape index (κ3) is 6.00. The van der Waals surface area contributed by atoms with Crippen molar-refractivity contribution in [2.75, 3.05) is 25.0 Å². The van der Waals surface area contributed by atoms with Gasteiger partial charge in [0.25, 0.3) is 11.8 Å². The standard InChI is InChI=1S/C32H34Cl2N4O4S/c1-18-29(36-19(2)30(18)32(40)38-12-4-5-21(38)16-35-15-20-8-9-20)14-24-23-13-22(10-11-28(23)37-31(24)39)43(41,42)17-25-26(33)6-3-7-27(25)34/h3,6-7,10-11,13-14,20-21,35-36H,4-5,8-9,12,15-17H2,1-2H3,(H,37,39)/t21-/m1/s1. The molecule has 1 saturated heterocycles. The Labute approximate surface area is 261 Å². The Morgan fingerprint density at radius 3 is 2.56 bits per heavy atom. The number of benzene rings is 2. The smallest absolute Gasteiger partial charge is 0.256 e. The number of nitrogens with zero attached hydrogens (tertiary/aromatic N) is 1. The van der Waals surface area contributed by atoms with Gasteiger partial charge in [-0.15, -0.1) is 0 Å². The number of aromatic nitrogens is 1. The Bertz CT molecular complexity index is 1740. The fourth-order valence-corrected chi connectivity index (χ4v) is 8.19. The van der Waals surface area contributed by atoms with Crippen molar-refractivity contribution in [1.29, 1.82) is 0 Å². The first-order valence-corrected chi connectivity index (χ1v) is 17.0. The number of anilines is 1. The molecule has 1 saturated carbocycles. The molecule has 8 nitrogen and oxygen atoms in total. The number of carbonyl (C=O) groups excluding carboxylic acids is 2. The van der Waals surface area contributed by atoms with Crippen molar-refractivity contribution in [2.24, 2.45) is 5.92 Å². The Morgan fingerprint density at radius 1 is 1.09 bits per heavy atom. The fraction of sp³-hybridized carbons (Fsp3) is 0.375. The van der Waals surface area contributed by atoms with Crippen LogP contribution in [0.5, 0.6) is 0 Å². The predicted octanol–water partition coefficient (Wildman–Crippen LogP) is 6.01. The van der Waals surface area contributed by atoms with E-state index in [4.69, 9.17) is 23.2 Å². The van der Waals surface area contributed by atoms with E-state index >= 15 is 0 Å². The number of hydrogen-bond donors (Lipinski definition) is 3. The number of rotatable bonds is 9. The van der Waals surface area contributed by atoms with Gasteiger partial charge in [0.15, 0.2) is 9.84 Å². The number of likely N-dealkylation sites (tertiary alicyclic amines) is 1. The van der Waals surface area contributed by atoms with E-state index in [0.29, 0.717) is 33.6 Å². The maximum atomic E-state index is 13.8. The van der Waals surface area contributed by atoms with Gasteiger partial charge >= 0.3 is 0 Å². The van der Waals surface area contributed by atoms with Crippen molar-refractivity contribution in [3.8, 4) is 0 Å². The minimum Gasteiger partial charge on any atom is -0.358 e. The van der Waals surface area contributed by atoms with Crippen molar-refractivity contribution in [3.63, 3.8) is 0 Å². The van der Waals surface area contributed by atoms with Crippen LogP contribution in [0, 0.1) is 19.8 Å². The summed E-state index contributed by atoms with van der Waals surface area (Å²) in [5.41, 5.74) is 4.37. The molecule has 1 atom stereocenters. The summed E-state index contributed by atoms with van der Waals surface area (Å²) in [5, 5.41) is 6.91. The van der Waals surface area contributed by atoms with E-state index in [1.54, 1.807) is 30.3 Å². The van der Waals surface area contributed by atoms with E-state index in [1.165, 1.54) is 25.0 Å². The van der Waals surface area contributed by atoms with Crippen molar-refractivity contribution in [1.82, 2.24) is 15.2 Å². The molecule has 3 aromatic rings. The summed E-state index contributed by atoms with van der Waals surface area (Å²) in [6.45, 7) is 6.28. The molecular weight excluding hydrogens is 607 g/mol. The van der Waals surface area contributed by atoms with Gasteiger partial charge in [-0.1, -0.05) is 29.3 Å². The van der Waals surface area contributed by atoms with Crippen molar-refractivity contribution < 1.29 is 18.0 Å². The van der Waals surface area contributed by atoms with Gasteiger partial charge in [-0.05, 0) is 94.0 Å². The van der Waals surface area contributed by atoms with E-state index in [1.807, 2.05) is 18.7 Å². The average molecular weight is 642 g/mol. The highest BCUT2D eigenvalue weighted by Gasteiger charge is 2.33. The highest BCUT2D eigenvalue weighted by Crippen LogP contribution is 2.37. The first-order chi connectivity index (χ1) is 20.5. The fourth-order valence-electron chi connectivity index (χ4n) is 6.07. The molecule has 1 aromatic heterocycles. The molecule has 3 N–H and O–H groups in total. The molecule has 226 valence electrons. The van der Waals surface area contributed by atoms with Gasteiger partial charge in [0.05, 0.1) is 21.8 Å². The van der Waals surface area contributed by atoms with Gasteiger partial charge in [0.2, 0.25) is 0 Å². The van der Waals surface area contributed by atoms with E-state index < -0.39 is 9.84 Å². The molecule has 3 aliphatic rings. The van der Waals surface area contributed by atoms with Crippen LogP contribution in [0.25, 0.3) is 11.6 Å². The number of amides is 2. The van der Waals surface area contributed by atoms with E-state index in [9.17, 15) is 18.0 Å². The first-order valence-electron chi connectivity index (χ1n) is 14.6. The van der Waals surface area contributed by atoms with Crippen LogP contribution in [-0.4, -0.2) is 55.8 Å². The third-order valence-electron chi connectivity index (χ3n) is 8.66. The van der Waals surface area contributed by atoms with Gasteiger partial charge in [-0.25, -0.2) is 8.42 Å². The van der Waals surface area contributed by atoms with E-state index in [0.717, 1.165) is 49.7 Å². The summed E-state index contributed by atoms with van der Waals surface area (Å²) in [6, 6.07) is 9.57. The number of nitrogens with one attached hydrogen (secondary N) is 3. The lowest BCUT2D eigenvalue weighted by molar-refractivity contribution is -0.110. The van der Waals surface area contributed by atoms with Crippen LogP contribution in [0.15, 0.2) is 41.3 Å². The van der Waals surface area contributed by atoms with Crippen LogP contribution in [-0.2, 0) is 20.4 Å². The molecule has 6 rings (SSSR count). The molecule has 2 aromatic carbocycles. The lowest BCUT2D eigenvalue weighted by atomic mass is 10.0. The highest BCUT2D eigenvalue weighted by molar-refractivity contribution is 7.90. The molecule has 43 heavy (non-hydrogen) atoms. The van der Waals surface area contributed by atoms with Crippen LogP contribution in [0.3, 0.4) is 0 Å². The molecule has 3 heterocycles. The normalized spacial score (nSPS) is 19.3. The number of aryl methyl sites for hydroxylation is 1. The maximum absolute atomic E-state index is 13.8. The summed E-state index contributed by atoms with van der Waals surface area (Å²) >= 11 is 12.5. The lowest BCUT2D eigenvalue weighted by Gasteiger charge is -2.25. The zero-order valence-electron chi connectivity index (χ0n) is 24.1. The van der Waals surface area contributed by atoms with Gasteiger partial charge < -0.3 is 20.5 Å². The molecule has 0 radical (unpaired) electrons. The lowest BCUT2D eigenvalue weighted by Crippen LogP contribution is -2.42. The van der Waals surface area contributed by atoms with Crippen molar-refractivity contribution >= 4 is 62.2 Å². The monoisotopic (exact) mass is 640 g/mol. The zero-order chi connectivity index (χ0) is 30.5. The Kier molecular flexibility index (Phi) is 8.19. The van der Waals surface area contributed by atoms with Gasteiger partial charge in [0, 0.05) is 57.4 Å². The van der Waals surface area contributed by atoms with Crippen LogP contribution >= 0.6 is 23.2 Å². The minimum atomic E-state index is -3.84. The van der Waals surface area contributed by atoms with Gasteiger partial charge in [0.1, 0.15) is 0 Å². The summed E-state index contributed by atoms with van der Waals surface area (Å²) in [6.07, 6.45) is 6.23. The molecule has 1 aliphatic carbocycles. The summed E-state index contributed by atoms with van der Waals surface area (Å²) in [5.74, 6) is 0.0537. The van der Waals surface area contributed by atoms with Crippen molar-refractivity contribution in [3.05, 3.63) is 80.1 Å². The second-order valence-electron chi connectivity index (χ2n) is 11.7. The molecular formula is C32H34Cl2N4O4S. The zero-order valence-corrected chi connectivity index (χ0v) is 26.4. The third-order valence-corrected chi connectivity index (χ3v) is 11.0. The largest absolute Gasteiger partial charge is 0.358 e. The van der Waals surface area contributed by atoms with Gasteiger partial charge in [-0.2, -0.15) is 0 Å². The molecule has 2 aliphatic heterocycles. The molecule has 11 heteroatoms. The second kappa shape index (κ2) is 11.8. The SMILES string of the molecule is Cc1[nH]c(C=C2C(=O)Nc3ccc(S(=O)(=O)Cc4c(Cl)cccc4Cl)cc32)c(C)c1C(=O)N1CCC[C@@H]1CNCC1CC1. The summed E-state index contributed by atoms with van der Waals surface area (Å²) < 4.78 is 26.8. The number of hydrogen-bond acceptors (Lipinski definition) is 5. The number of sulfone groups is 1. The van der Waals surface area contributed by atoms with Crippen LogP contribution in [0.1, 0.15) is 64.1 Å². The van der Waals surface area contributed by atoms with E-state index in [2.05, 4.69) is 15.6 Å². The van der Waals surface area contributed by atoms with Gasteiger partial charge in [-0.3, -0.25) is 9.59 Å².